The number of carbonyl (C=O) groups excluding carboxylic acids is 5. The summed E-state index contributed by atoms with van der Waals surface area (Å²) < 4.78 is 12.1. The van der Waals surface area contributed by atoms with Crippen molar-refractivity contribution >= 4 is 45.3 Å². The lowest BCUT2D eigenvalue weighted by atomic mass is 9.86. The van der Waals surface area contributed by atoms with Gasteiger partial charge in [-0.2, -0.15) is 0 Å². The van der Waals surface area contributed by atoms with E-state index in [9.17, 15) is 29.1 Å². The molecule has 9 nitrogen and oxygen atoms in total. The van der Waals surface area contributed by atoms with Crippen molar-refractivity contribution in [3.63, 3.8) is 0 Å². The van der Waals surface area contributed by atoms with Crippen molar-refractivity contribution in [2.75, 3.05) is 13.7 Å². The van der Waals surface area contributed by atoms with Crippen LogP contribution in [0.1, 0.15) is 76.1 Å². The molecule has 2 amide bonds. The molecule has 45 heavy (non-hydrogen) atoms. The SMILES string of the molecule is CO[C@H]1/C=C/CC/C=C/C(=O)O[C@H]([C@H](C)C(=O)CCCC2CC(=O)N(CC(=O)c3ccc(Br)cc3)C(=O)C2)/C(C)=C\[C@@H](C)[C@@H]1O. The fraction of sp³-hybridized carbons (Fsp3) is 0.514. The number of rotatable bonds is 10. The minimum Gasteiger partial charge on any atom is -0.454 e. The Labute approximate surface area is 273 Å². The summed E-state index contributed by atoms with van der Waals surface area (Å²) in [7, 11) is 1.54. The van der Waals surface area contributed by atoms with Crippen LogP contribution in [0.2, 0.25) is 0 Å². The number of ketones is 2. The van der Waals surface area contributed by atoms with Gasteiger partial charge in [-0.05, 0) is 56.2 Å². The highest BCUT2D eigenvalue weighted by molar-refractivity contribution is 9.10. The first-order valence-corrected chi connectivity index (χ1v) is 16.3. The Hall–Kier alpha value is -3.21. The molecule has 0 aliphatic carbocycles. The molecule has 244 valence electrons. The van der Waals surface area contributed by atoms with Crippen molar-refractivity contribution in [3.8, 4) is 0 Å². The highest BCUT2D eigenvalue weighted by Gasteiger charge is 2.34. The van der Waals surface area contributed by atoms with Crippen molar-refractivity contribution in [1.82, 2.24) is 4.90 Å². The van der Waals surface area contributed by atoms with Crippen LogP contribution in [0.4, 0.5) is 0 Å². The number of aliphatic hydroxyl groups is 1. The van der Waals surface area contributed by atoms with E-state index in [-0.39, 0.29) is 61.0 Å². The van der Waals surface area contributed by atoms with Crippen LogP contribution in [0.3, 0.4) is 0 Å². The van der Waals surface area contributed by atoms with Gasteiger partial charge in [0, 0.05) is 48.4 Å². The summed E-state index contributed by atoms with van der Waals surface area (Å²) in [6.07, 6.45) is 9.16. The predicted octanol–water partition coefficient (Wildman–Crippen LogP) is 5.55. The molecule has 5 atom stereocenters. The molecule has 2 aliphatic rings. The summed E-state index contributed by atoms with van der Waals surface area (Å²) in [6, 6.07) is 6.75. The van der Waals surface area contributed by atoms with Gasteiger partial charge in [-0.3, -0.25) is 24.1 Å². The molecule has 2 heterocycles. The molecule has 3 rings (SSSR count). The van der Waals surface area contributed by atoms with Gasteiger partial charge in [-0.1, -0.05) is 66.2 Å². The topological polar surface area (TPSA) is 127 Å². The van der Waals surface area contributed by atoms with Gasteiger partial charge in [0.15, 0.2) is 5.78 Å². The highest BCUT2D eigenvalue weighted by Crippen LogP contribution is 2.28. The molecule has 0 bridgehead atoms. The van der Waals surface area contributed by atoms with Crippen LogP contribution >= 0.6 is 15.9 Å². The van der Waals surface area contributed by atoms with Crippen LogP contribution < -0.4 is 0 Å². The molecular weight excluding hydrogens is 642 g/mol. The third-order valence-electron chi connectivity index (χ3n) is 8.44. The molecule has 1 saturated heterocycles. The Balaban J connectivity index is 1.59. The van der Waals surface area contributed by atoms with Crippen molar-refractivity contribution in [1.29, 1.82) is 0 Å². The second-order valence-electron chi connectivity index (χ2n) is 12.0. The Morgan fingerprint density at radius 3 is 2.38 bits per heavy atom. The molecule has 1 fully saturated rings. The van der Waals surface area contributed by atoms with E-state index in [4.69, 9.17) is 9.47 Å². The Morgan fingerprint density at radius 1 is 1.09 bits per heavy atom. The lowest BCUT2D eigenvalue weighted by Gasteiger charge is -2.30. The molecule has 2 aliphatic heterocycles. The zero-order chi connectivity index (χ0) is 33.1. The van der Waals surface area contributed by atoms with Crippen LogP contribution in [0, 0.1) is 17.8 Å². The maximum Gasteiger partial charge on any atom is 0.331 e. The number of amides is 2. The number of ether oxygens (including phenoxy) is 2. The number of nitrogens with zero attached hydrogens (tertiary/aromatic N) is 1. The van der Waals surface area contributed by atoms with E-state index in [0.717, 1.165) is 9.37 Å². The van der Waals surface area contributed by atoms with Gasteiger partial charge in [0.05, 0.1) is 18.6 Å². The number of hydrogen-bond donors (Lipinski definition) is 1. The van der Waals surface area contributed by atoms with E-state index >= 15 is 0 Å². The first-order valence-electron chi connectivity index (χ1n) is 15.5. The Kier molecular flexibility index (Phi) is 14.1. The maximum absolute atomic E-state index is 13.3. The number of allylic oxidation sites excluding steroid dienone is 2. The first kappa shape index (κ1) is 36.3. The summed E-state index contributed by atoms with van der Waals surface area (Å²) in [5.74, 6) is -2.92. The number of likely N-dealkylation sites (tertiary alicyclic amines) is 1. The van der Waals surface area contributed by atoms with Crippen molar-refractivity contribution in [2.45, 2.75) is 84.0 Å². The second-order valence-corrected chi connectivity index (χ2v) is 12.9. The average molecular weight is 687 g/mol. The fourth-order valence-corrected chi connectivity index (χ4v) is 6.00. The molecule has 10 heteroatoms. The number of halogens is 1. The van der Waals surface area contributed by atoms with Gasteiger partial charge < -0.3 is 14.6 Å². The van der Waals surface area contributed by atoms with Crippen molar-refractivity contribution in [3.05, 3.63) is 70.3 Å². The van der Waals surface area contributed by atoms with Crippen LogP contribution in [0.5, 0.6) is 0 Å². The molecule has 0 radical (unpaired) electrons. The number of benzene rings is 1. The summed E-state index contributed by atoms with van der Waals surface area (Å²) in [6.45, 7) is 5.06. The van der Waals surface area contributed by atoms with Gasteiger partial charge in [0.25, 0.3) is 0 Å². The second kappa shape index (κ2) is 17.5. The van der Waals surface area contributed by atoms with Gasteiger partial charge in [0.1, 0.15) is 18.0 Å². The third-order valence-corrected chi connectivity index (χ3v) is 8.97. The van der Waals surface area contributed by atoms with Crippen LogP contribution in [-0.4, -0.2) is 71.3 Å². The van der Waals surface area contributed by atoms with Crippen LogP contribution in [-0.2, 0) is 28.7 Å². The largest absolute Gasteiger partial charge is 0.454 e. The molecule has 0 unspecified atom stereocenters. The lowest BCUT2D eigenvalue weighted by Crippen LogP contribution is -2.45. The molecule has 1 aromatic rings. The summed E-state index contributed by atoms with van der Waals surface area (Å²) in [5, 5.41) is 10.9. The molecule has 1 N–H and O–H groups in total. The molecule has 0 spiro atoms. The zero-order valence-electron chi connectivity index (χ0n) is 26.4. The van der Waals surface area contributed by atoms with Crippen LogP contribution in [0.25, 0.3) is 0 Å². The van der Waals surface area contributed by atoms with Gasteiger partial charge >= 0.3 is 5.97 Å². The smallest absolute Gasteiger partial charge is 0.331 e. The number of esters is 1. The fourth-order valence-electron chi connectivity index (χ4n) is 5.73. The standard InChI is InChI=1S/C35H44BrNO8/c1-22-18-23(2)35(45-33(42)13-8-6-5-7-12-30(44-4)34(22)43)24(3)28(38)11-9-10-25-19-31(40)37(32(41)20-25)21-29(39)26-14-16-27(36)17-15-26/h7-8,12-18,22,24-25,30,34-35,43H,5-6,9-11,19-21H2,1-4H3/b12-7+,13-8+,23-18-/t22-,24-,30+,34+,35+/m1/s1. The van der Waals surface area contributed by atoms with Crippen molar-refractivity contribution < 1.29 is 38.6 Å². The zero-order valence-corrected chi connectivity index (χ0v) is 28.0. The van der Waals surface area contributed by atoms with E-state index in [1.165, 1.54) is 13.2 Å². The number of methoxy groups -OCH3 is 1. The number of aliphatic hydroxyl groups excluding tert-OH is 1. The normalized spacial score (nSPS) is 27.1. The third kappa shape index (κ3) is 10.7. The average Bonchev–Trinajstić information content (AvgIpc) is 3.00. The van der Waals surface area contributed by atoms with E-state index in [2.05, 4.69) is 15.9 Å². The Morgan fingerprint density at radius 2 is 1.73 bits per heavy atom. The van der Waals surface area contributed by atoms with E-state index < -0.39 is 30.2 Å². The van der Waals surface area contributed by atoms with Crippen LogP contribution in [0.15, 0.2) is 64.7 Å². The predicted molar refractivity (Wildman–Crippen MR) is 173 cm³/mol. The molecular formula is C35H44BrNO8. The maximum atomic E-state index is 13.3. The molecule has 0 aromatic heterocycles. The molecule has 1 aromatic carbocycles. The van der Waals surface area contributed by atoms with E-state index in [0.29, 0.717) is 36.8 Å². The Bertz CT molecular complexity index is 1300. The number of Topliss-reactive ketones (excluding diaryl/α,β-unsaturated/α-hetero) is 2. The summed E-state index contributed by atoms with van der Waals surface area (Å²) in [5.41, 5.74) is 1.08. The number of cyclic esters (lactones) is 1. The van der Waals surface area contributed by atoms with Crippen molar-refractivity contribution in [2.24, 2.45) is 17.8 Å². The monoisotopic (exact) mass is 685 g/mol. The summed E-state index contributed by atoms with van der Waals surface area (Å²) >= 11 is 3.32. The number of hydrogen-bond acceptors (Lipinski definition) is 8. The quantitative estimate of drug-likeness (QED) is 0.147. The van der Waals surface area contributed by atoms with Gasteiger partial charge in [-0.15, -0.1) is 0 Å². The van der Waals surface area contributed by atoms with E-state index in [1.807, 2.05) is 25.2 Å². The minimum absolute atomic E-state index is 0.105. The minimum atomic E-state index is -0.835. The number of carbonyl (C=O) groups is 5. The number of piperidine rings is 1. The summed E-state index contributed by atoms with van der Waals surface area (Å²) in [4.78, 5) is 65.2. The first-order chi connectivity index (χ1) is 21.4. The molecule has 0 saturated carbocycles. The van der Waals surface area contributed by atoms with Gasteiger partial charge in [-0.25, -0.2) is 4.79 Å². The van der Waals surface area contributed by atoms with E-state index in [1.54, 1.807) is 44.2 Å². The highest BCUT2D eigenvalue weighted by atomic mass is 79.9. The van der Waals surface area contributed by atoms with Gasteiger partial charge in [0.2, 0.25) is 11.8 Å². The lowest BCUT2D eigenvalue weighted by molar-refractivity contribution is -0.149. The number of imide groups is 1.